The fraction of sp³-hybridized carbons (Fsp3) is 0.150. The number of nitrogens with one attached hydrogen (secondary N) is 2. The Bertz CT molecular complexity index is 967. The van der Waals surface area contributed by atoms with Crippen LogP contribution in [0.2, 0.25) is 0 Å². The van der Waals surface area contributed by atoms with Gasteiger partial charge in [-0.05, 0) is 30.5 Å². The molecule has 0 fully saturated rings. The number of halogens is 3. The molecule has 0 aliphatic heterocycles. The lowest BCUT2D eigenvalue weighted by atomic mass is 10.1. The molecule has 28 heavy (non-hydrogen) atoms. The molecule has 2 N–H and O–H groups in total. The molecule has 0 bridgehead atoms. The largest absolute Gasteiger partial charge is 0.351 e. The molecule has 0 saturated carbocycles. The van der Waals surface area contributed by atoms with Gasteiger partial charge in [0.05, 0.1) is 5.69 Å². The van der Waals surface area contributed by atoms with Crippen LogP contribution in [0.15, 0.2) is 54.9 Å². The predicted molar refractivity (Wildman–Crippen MR) is 98.7 cm³/mol. The molecule has 3 aromatic rings. The summed E-state index contributed by atoms with van der Waals surface area (Å²) in [5, 5.41) is 5.26. The first-order valence-corrected chi connectivity index (χ1v) is 8.59. The molecule has 5 nitrogen and oxygen atoms in total. The summed E-state index contributed by atoms with van der Waals surface area (Å²) in [6, 6.07) is 13.0. The highest BCUT2D eigenvalue weighted by Crippen LogP contribution is 2.22. The summed E-state index contributed by atoms with van der Waals surface area (Å²) in [6.45, 7) is 0.457. The number of anilines is 2. The summed E-state index contributed by atoms with van der Waals surface area (Å²) < 4.78 is 40.1. The highest BCUT2D eigenvalue weighted by molar-refractivity contribution is 5.92. The molecule has 0 aliphatic carbocycles. The Kier molecular flexibility index (Phi) is 6.21. The van der Waals surface area contributed by atoms with E-state index in [0.29, 0.717) is 6.54 Å². The lowest BCUT2D eigenvalue weighted by Gasteiger charge is -2.09. The van der Waals surface area contributed by atoms with Gasteiger partial charge in [0, 0.05) is 12.6 Å². The Morgan fingerprint density at radius 2 is 1.75 bits per heavy atom. The van der Waals surface area contributed by atoms with Crippen molar-refractivity contribution in [2.45, 2.75) is 12.8 Å². The van der Waals surface area contributed by atoms with Crippen molar-refractivity contribution in [3.8, 4) is 0 Å². The maximum atomic E-state index is 13.8. The van der Waals surface area contributed by atoms with Crippen molar-refractivity contribution < 1.29 is 18.0 Å². The molecule has 0 aliphatic rings. The van der Waals surface area contributed by atoms with Crippen molar-refractivity contribution >= 4 is 17.4 Å². The SMILES string of the molecule is O=C(NCCCc1ccccc1)c1cc(Nc2ccc(F)c(F)c2F)ncn1. The molecule has 0 atom stereocenters. The molecule has 144 valence electrons. The zero-order chi connectivity index (χ0) is 19.9. The van der Waals surface area contributed by atoms with Crippen molar-refractivity contribution in [3.05, 3.63) is 83.6 Å². The number of carbonyl (C=O) groups excluding carboxylic acids is 1. The minimum absolute atomic E-state index is 0.0696. The molecule has 0 saturated heterocycles. The van der Waals surface area contributed by atoms with E-state index in [2.05, 4.69) is 20.6 Å². The van der Waals surface area contributed by atoms with Crippen LogP contribution in [0, 0.1) is 17.5 Å². The van der Waals surface area contributed by atoms with Gasteiger partial charge < -0.3 is 10.6 Å². The van der Waals surface area contributed by atoms with Crippen molar-refractivity contribution in [2.24, 2.45) is 0 Å². The Hall–Kier alpha value is -3.42. The van der Waals surface area contributed by atoms with Crippen molar-refractivity contribution in [3.63, 3.8) is 0 Å². The summed E-state index contributed by atoms with van der Waals surface area (Å²) in [5.41, 5.74) is 0.950. The Labute approximate surface area is 159 Å². The van der Waals surface area contributed by atoms with Gasteiger partial charge in [-0.1, -0.05) is 30.3 Å². The number of carbonyl (C=O) groups is 1. The molecular weight excluding hydrogens is 369 g/mol. The van der Waals surface area contributed by atoms with E-state index >= 15 is 0 Å². The second kappa shape index (κ2) is 8.98. The third kappa shape index (κ3) is 4.85. The summed E-state index contributed by atoms with van der Waals surface area (Å²) in [7, 11) is 0. The van der Waals surface area contributed by atoms with Gasteiger partial charge >= 0.3 is 0 Å². The third-order valence-electron chi connectivity index (χ3n) is 3.97. The van der Waals surface area contributed by atoms with Gasteiger partial charge in [0.25, 0.3) is 5.91 Å². The maximum Gasteiger partial charge on any atom is 0.270 e. The van der Waals surface area contributed by atoms with E-state index in [1.165, 1.54) is 11.6 Å². The van der Waals surface area contributed by atoms with Crippen LogP contribution < -0.4 is 10.6 Å². The van der Waals surface area contributed by atoms with Gasteiger partial charge in [0.1, 0.15) is 17.8 Å². The molecule has 2 aromatic carbocycles. The Morgan fingerprint density at radius 3 is 2.54 bits per heavy atom. The number of rotatable bonds is 7. The average molecular weight is 386 g/mol. The second-order valence-corrected chi connectivity index (χ2v) is 5.98. The summed E-state index contributed by atoms with van der Waals surface area (Å²) >= 11 is 0. The van der Waals surface area contributed by atoms with Crippen molar-refractivity contribution in [1.82, 2.24) is 15.3 Å². The zero-order valence-electron chi connectivity index (χ0n) is 14.8. The second-order valence-electron chi connectivity index (χ2n) is 5.98. The number of nitrogens with zero attached hydrogens (tertiary/aromatic N) is 2. The van der Waals surface area contributed by atoms with Crippen LogP contribution in [0.25, 0.3) is 0 Å². The lowest BCUT2D eigenvalue weighted by molar-refractivity contribution is 0.0948. The highest BCUT2D eigenvalue weighted by atomic mass is 19.2. The lowest BCUT2D eigenvalue weighted by Crippen LogP contribution is -2.25. The van der Waals surface area contributed by atoms with Gasteiger partial charge in [0.2, 0.25) is 0 Å². The fourth-order valence-electron chi connectivity index (χ4n) is 2.54. The smallest absolute Gasteiger partial charge is 0.270 e. The minimum Gasteiger partial charge on any atom is -0.351 e. The molecule has 3 rings (SSSR count). The summed E-state index contributed by atoms with van der Waals surface area (Å²) in [6.07, 6.45) is 2.71. The maximum absolute atomic E-state index is 13.8. The van der Waals surface area contributed by atoms with E-state index < -0.39 is 23.4 Å². The van der Waals surface area contributed by atoms with Crippen LogP contribution in [-0.4, -0.2) is 22.4 Å². The van der Waals surface area contributed by atoms with Gasteiger partial charge in [-0.3, -0.25) is 4.79 Å². The molecule has 0 spiro atoms. The van der Waals surface area contributed by atoms with Gasteiger partial charge in [0.15, 0.2) is 17.5 Å². The van der Waals surface area contributed by atoms with Gasteiger partial charge in [-0.25, -0.2) is 23.1 Å². The van der Waals surface area contributed by atoms with E-state index in [9.17, 15) is 18.0 Å². The zero-order valence-corrected chi connectivity index (χ0v) is 14.8. The van der Waals surface area contributed by atoms with Gasteiger partial charge in [-0.15, -0.1) is 0 Å². The van der Waals surface area contributed by atoms with Crippen LogP contribution in [0.4, 0.5) is 24.7 Å². The van der Waals surface area contributed by atoms with E-state index in [4.69, 9.17) is 0 Å². The molecule has 8 heteroatoms. The van der Waals surface area contributed by atoms with Crippen LogP contribution in [0.3, 0.4) is 0 Å². The van der Waals surface area contributed by atoms with E-state index in [-0.39, 0.29) is 17.2 Å². The highest BCUT2D eigenvalue weighted by Gasteiger charge is 2.15. The van der Waals surface area contributed by atoms with E-state index in [1.807, 2.05) is 30.3 Å². The standard InChI is InChI=1S/C20H17F3N4O/c21-14-8-9-15(19(23)18(14)22)27-17-11-16(25-12-26-17)20(28)24-10-4-7-13-5-2-1-3-6-13/h1-3,5-6,8-9,11-12H,4,7,10H2,(H,24,28)(H,25,26,27). The molecule has 0 unspecified atom stereocenters. The molecule has 1 amide bonds. The first-order chi connectivity index (χ1) is 13.5. The summed E-state index contributed by atoms with van der Waals surface area (Å²) in [4.78, 5) is 20.0. The number of hydrogen-bond donors (Lipinski definition) is 2. The normalized spacial score (nSPS) is 10.5. The van der Waals surface area contributed by atoms with Crippen molar-refractivity contribution in [2.75, 3.05) is 11.9 Å². The average Bonchev–Trinajstić information content (AvgIpc) is 2.72. The number of aryl methyl sites for hydroxylation is 1. The van der Waals surface area contributed by atoms with Gasteiger partial charge in [-0.2, -0.15) is 0 Å². The van der Waals surface area contributed by atoms with E-state index in [1.54, 1.807) is 0 Å². The third-order valence-corrected chi connectivity index (χ3v) is 3.97. The van der Waals surface area contributed by atoms with Crippen LogP contribution >= 0.6 is 0 Å². The number of aromatic nitrogens is 2. The first-order valence-electron chi connectivity index (χ1n) is 8.59. The van der Waals surface area contributed by atoms with Crippen LogP contribution in [0.5, 0.6) is 0 Å². The Balaban J connectivity index is 1.58. The fourth-order valence-corrected chi connectivity index (χ4v) is 2.54. The Morgan fingerprint density at radius 1 is 0.964 bits per heavy atom. The minimum atomic E-state index is -1.59. The molecule has 0 radical (unpaired) electrons. The number of amides is 1. The molecule has 1 heterocycles. The van der Waals surface area contributed by atoms with E-state index in [0.717, 1.165) is 31.3 Å². The number of hydrogen-bond acceptors (Lipinski definition) is 4. The van der Waals surface area contributed by atoms with Crippen molar-refractivity contribution in [1.29, 1.82) is 0 Å². The number of benzene rings is 2. The topological polar surface area (TPSA) is 66.9 Å². The predicted octanol–water partition coefficient (Wildman–Crippen LogP) is 4.00. The van der Waals surface area contributed by atoms with Crippen LogP contribution in [-0.2, 0) is 6.42 Å². The quantitative estimate of drug-likeness (QED) is 0.476. The monoisotopic (exact) mass is 386 g/mol. The first kappa shape index (κ1) is 19.3. The summed E-state index contributed by atoms with van der Waals surface area (Å²) in [5.74, 6) is -4.58. The van der Waals surface area contributed by atoms with Crippen LogP contribution in [0.1, 0.15) is 22.5 Å². The molecular formula is C20H17F3N4O. The molecule has 1 aromatic heterocycles.